The molecule has 0 spiro atoms. The van der Waals surface area contributed by atoms with E-state index in [9.17, 15) is 9.50 Å². The maximum atomic E-state index is 12.9. The van der Waals surface area contributed by atoms with Gasteiger partial charge in [-0.15, -0.1) is 0 Å². The van der Waals surface area contributed by atoms with E-state index >= 15 is 0 Å². The number of hydrogen-bond donors (Lipinski definition) is 1. The predicted octanol–water partition coefficient (Wildman–Crippen LogP) is 2.76. The summed E-state index contributed by atoms with van der Waals surface area (Å²) < 4.78 is 18.2. The molecule has 0 aromatic heterocycles. The maximum absolute atomic E-state index is 12.9. The molecule has 1 saturated carbocycles. The Bertz CT molecular complexity index is 334. The quantitative estimate of drug-likeness (QED) is 0.852. The minimum atomic E-state index is -0.425. The van der Waals surface area contributed by atoms with E-state index in [0.717, 1.165) is 12.8 Å². The fraction of sp³-hybridized carbons (Fsp3) is 0.538. The first-order valence-corrected chi connectivity index (χ1v) is 5.82. The Hall–Kier alpha value is -1.09. The van der Waals surface area contributed by atoms with Gasteiger partial charge in [-0.1, -0.05) is 18.9 Å². The average Bonchev–Trinajstić information content (AvgIpc) is 2.79. The molecule has 1 fully saturated rings. The van der Waals surface area contributed by atoms with Gasteiger partial charge in [-0.05, 0) is 30.9 Å². The number of aliphatic hydroxyl groups is 1. The van der Waals surface area contributed by atoms with Crippen LogP contribution in [0.15, 0.2) is 24.3 Å². The summed E-state index contributed by atoms with van der Waals surface area (Å²) in [5, 5.41) is 9.86. The van der Waals surface area contributed by atoms with Crippen molar-refractivity contribution in [3.05, 3.63) is 30.1 Å². The molecule has 1 aromatic rings. The Balaban J connectivity index is 1.82. The van der Waals surface area contributed by atoms with Crippen LogP contribution in [0.2, 0.25) is 0 Å². The SMILES string of the molecule is OC(COc1cccc(F)c1)C1CCCC1. The number of aliphatic hydroxyl groups excluding tert-OH is 1. The van der Waals surface area contributed by atoms with Gasteiger partial charge in [-0.3, -0.25) is 0 Å². The van der Waals surface area contributed by atoms with Crippen LogP contribution < -0.4 is 4.74 Å². The van der Waals surface area contributed by atoms with E-state index in [4.69, 9.17) is 4.74 Å². The van der Waals surface area contributed by atoms with Crippen LogP contribution >= 0.6 is 0 Å². The van der Waals surface area contributed by atoms with Gasteiger partial charge in [0.15, 0.2) is 0 Å². The Morgan fingerprint density at radius 2 is 2.12 bits per heavy atom. The van der Waals surface area contributed by atoms with E-state index in [1.54, 1.807) is 12.1 Å². The van der Waals surface area contributed by atoms with E-state index in [0.29, 0.717) is 11.7 Å². The van der Waals surface area contributed by atoms with Crippen molar-refractivity contribution in [1.29, 1.82) is 0 Å². The summed E-state index contributed by atoms with van der Waals surface area (Å²) in [5.74, 6) is 0.526. The van der Waals surface area contributed by atoms with Gasteiger partial charge in [0, 0.05) is 6.07 Å². The molecule has 0 heterocycles. The second-order valence-electron chi connectivity index (χ2n) is 4.38. The summed E-state index contributed by atoms with van der Waals surface area (Å²) in [4.78, 5) is 0. The summed E-state index contributed by atoms with van der Waals surface area (Å²) in [6, 6.07) is 6.01. The number of benzene rings is 1. The monoisotopic (exact) mass is 224 g/mol. The molecule has 3 heteroatoms. The summed E-state index contributed by atoms with van der Waals surface area (Å²) in [6.45, 7) is 0.258. The van der Waals surface area contributed by atoms with Crippen molar-refractivity contribution >= 4 is 0 Å². The minimum absolute atomic E-state index is 0.258. The zero-order chi connectivity index (χ0) is 11.4. The van der Waals surface area contributed by atoms with E-state index in [2.05, 4.69) is 0 Å². The van der Waals surface area contributed by atoms with Crippen LogP contribution in [0.3, 0.4) is 0 Å². The lowest BCUT2D eigenvalue weighted by atomic mass is 10.0. The first-order chi connectivity index (χ1) is 7.75. The molecule has 16 heavy (non-hydrogen) atoms. The molecule has 2 rings (SSSR count). The zero-order valence-corrected chi connectivity index (χ0v) is 9.23. The highest BCUT2D eigenvalue weighted by Gasteiger charge is 2.23. The molecule has 1 aliphatic carbocycles. The summed E-state index contributed by atoms with van der Waals surface area (Å²) in [5.41, 5.74) is 0. The minimum Gasteiger partial charge on any atom is -0.491 e. The molecule has 1 aromatic carbocycles. The standard InChI is InChI=1S/C13H17FO2/c14-11-6-3-7-12(8-11)16-9-13(15)10-4-1-2-5-10/h3,6-8,10,13,15H,1-2,4-5,9H2. The Labute approximate surface area is 95.1 Å². The predicted molar refractivity (Wildman–Crippen MR) is 59.9 cm³/mol. The van der Waals surface area contributed by atoms with E-state index in [1.165, 1.54) is 25.0 Å². The number of hydrogen-bond acceptors (Lipinski definition) is 2. The molecule has 0 radical (unpaired) electrons. The maximum Gasteiger partial charge on any atom is 0.126 e. The first-order valence-electron chi connectivity index (χ1n) is 5.82. The Morgan fingerprint density at radius 3 is 2.81 bits per heavy atom. The lowest BCUT2D eigenvalue weighted by Gasteiger charge is -2.18. The van der Waals surface area contributed by atoms with Crippen LogP contribution in [0.5, 0.6) is 5.75 Å². The van der Waals surface area contributed by atoms with Crippen molar-refractivity contribution in [2.45, 2.75) is 31.8 Å². The largest absolute Gasteiger partial charge is 0.491 e. The molecule has 2 nitrogen and oxygen atoms in total. The van der Waals surface area contributed by atoms with E-state index in [1.807, 2.05) is 0 Å². The van der Waals surface area contributed by atoms with Crippen molar-refractivity contribution in [3.8, 4) is 5.75 Å². The number of ether oxygens (including phenoxy) is 1. The van der Waals surface area contributed by atoms with Crippen molar-refractivity contribution in [2.24, 2.45) is 5.92 Å². The molecule has 1 atom stereocenters. The molecule has 0 saturated heterocycles. The molecular formula is C13H17FO2. The van der Waals surface area contributed by atoms with Gasteiger partial charge in [0.1, 0.15) is 18.2 Å². The summed E-state index contributed by atoms with van der Waals surface area (Å²) >= 11 is 0. The van der Waals surface area contributed by atoms with E-state index < -0.39 is 6.10 Å². The second kappa shape index (κ2) is 5.30. The van der Waals surface area contributed by atoms with Gasteiger partial charge >= 0.3 is 0 Å². The van der Waals surface area contributed by atoms with Crippen LogP contribution in [-0.2, 0) is 0 Å². The van der Waals surface area contributed by atoms with Crippen LogP contribution in [-0.4, -0.2) is 17.8 Å². The van der Waals surface area contributed by atoms with Gasteiger partial charge in [-0.2, -0.15) is 0 Å². The summed E-state index contributed by atoms with van der Waals surface area (Å²) in [6.07, 6.45) is 4.12. The third-order valence-corrected chi connectivity index (χ3v) is 3.16. The van der Waals surface area contributed by atoms with Crippen LogP contribution in [0.25, 0.3) is 0 Å². The van der Waals surface area contributed by atoms with Crippen molar-refractivity contribution in [2.75, 3.05) is 6.61 Å². The lowest BCUT2D eigenvalue weighted by Crippen LogP contribution is -2.25. The van der Waals surface area contributed by atoms with Crippen LogP contribution in [0, 0.1) is 11.7 Å². The topological polar surface area (TPSA) is 29.5 Å². The Morgan fingerprint density at radius 1 is 1.38 bits per heavy atom. The smallest absolute Gasteiger partial charge is 0.126 e. The van der Waals surface area contributed by atoms with Gasteiger partial charge in [-0.25, -0.2) is 4.39 Å². The molecule has 1 unspecified atom stereocenters. The van der Waals surface area contributed by atoms with Crippen molar-refractivity contribution < 1.29 is 14.2 Å². The summed E-state index contributed by atoms with van der Waals surface area (Å²) in [7, 11) is 0. The molecule has 1 N–H and O–H groups in total. The molecule has 0 aliphatic heterocycles. The van der Waals surface area contributed by atoms with Crippen LogP contribution in [0.1, 0.15) is 25.7 Å². The molecule has 88 valence electrons. The molecule has 0 amide bonds. The molecule has 1 aliphatic rings. The van der Waals surface area contributed by atoms with E-state index in [-0.39, 0.29) is 12.4 Å². The van der Waals surface area contributed by atoms with Crippen molar-refractivity contribution in [1.82, 2.24) is 0 Å². The highest BCUT2D eigenvalue weighted by atomic mass is 19.1. The van der Waals surface area contributed by atoms with Crippen LogP contribution in [0.4, 0.5) is 4.39 Å². The lowest BCUT2D eigenvalue weighted by molar-refractivity contribution is 0.0592. The number of rotatable bonds is 4. The zero-order valence-electron chi connectivity index (χ0n) is 9.23. The molecule has 0 bridgehead atoms. The second-order valence-corrected chi connectivity index (χ2v) is 4.38. The highest BCUT2D eigenvalue weighted by Crippen LogP contribution is 2.28. The average molecular weight is 224 g/mol. The van der Waals surface area contributed by atoms with Gasteiger partial charge in [0.05, 0.1) is 6.10 Å². The fourth-order valence-electron chi connectivity index (χ4n) is 2.22. The van der Waals surface area contributed by atoms with Gasteiger partial charge in [0.2, 0.25) is 0 Å². The third-order valence-electron chi connectivity index (χ3n) is 3.16. The number of halogens is 1. The normalized spacial score (nSPS) is 18.6. The molecular weight excluding hydrogens is 207 g/mol. The Kier molecular flexibility index (Phi) is 3.78. The third kappa shape index (κ3) is 2.95. The van der Waals surface area contributed by atoms with Gasteiger partial charge < -0.3 is 9.84 Å². The highest BCUT2D eigenvalue weighted by molar-refractivity contribution is 5.22. The fourth-order valence-corrected chi connectivity index (χ4v) is 2.22. The van der Waals surface area contributed by atoms with Gasteiger partial charge in [0.25, 0.3) is 0 Å². The first kappa shape index (κ1) is 11.4. The van der Waals surface area contributed by atoms with Crippen molar-refractivity contribution in [3.63, 3.8) is 0 Å².